The fourth-order valence-electron chi connectivity index (χ4n) is 2.88. The number of ether oxygens (including phenoxy) is 2. The Bertz CT molecular complexity index is 937. The summed E-state index contributed by atoms with van der Waals surface area (Å²) in [5.41, 5.74) is 1.63. The molecule has 0 aliphatic heterocycles. The van der Waals surface area contributed by atoms with Gasteiger partial charge in [-0.25, -0.2) is 4.68 Å². The first-order valence-electron chi connectivity index (χ1n) is 9.48. The van der Waals surface area contributed by atoms with E-state index in [2.05, 4.69) is 20.8 Å². The Kier molecular flexibility index (Phi) is 6.78. The minimum absolute atomic E-state index is 0.129. The first-order chi connectivity index (χ1) is 14.1. The van der Waals surface area contributed by atoms with Crippen LogP contribution in [0.2, 0.25) is 0 Å². The third-order valence-electron chi connectivity index (χ3n) is 4.41. The zero-order chi connectivity index (χ0) is 20.6. The van der Waals surface area contributed by atoms with Gasteiger partial charge in [0.25, 0.3) is 5.91 Å². The summed E-state index contributed by atoms with van der Waals surface area (Å²) in [4.78, 5) is 12.4. The molecular weight excluding hydrogens is 370 g/mol. The molecule has 8 heteroatoms. The van der Waals surface area contributed by atoms with E-state index < -0.39 is 0 Å². The minimum atomic E-state index is -0.129. The predicted octanol–water partition coefficient (Wildman–Crippen LogP) is 2.81. The Morgan fingerprint density at radius 2 is 1.90 bits per heavy atom. The Hall–Kier alpha value is -3.42. The summed E-state index contributed by atoms with van der Waals surface area (Å²) in [6.45, 7) is 4.78. The van der Waals surface area contributed by atoms with Gasteiger partial charge in [0.05, 0.1) is 13.2 Å². The number of hydrogen-bond acceptors (Lipinski definition) is 6. The molecule has 0 aliphatic rings. The number of nitrogens with zero attached hydrogens (tertiary/aromatic N) is 4. The zero-order valence-electron chi connectivity index (χ0n) is 16.8. The van der Waals surface area contributed by atoms with Gasteiger partial charge in [0, 0.05) is 12.1 Å². The highest BCUT2D eigenvalue weighted by Gasteiger charge is 2.11. The van der Waals surface area contributed by atoms with Crippen LogP contribution in [0.3, 0.4) is 0 Å². The molecule has 2 aromatic carbocycles. The Balaban J connectivity index is 1.50. The van der Waals surface area contributed by atoms with Crippen LogP contribution < -0.4 is 14.8 Å². The highest BCUT2D eigenvalue weighted by Crippen LogP contribution is 2.18. The lowest BCUT2D eigenvalue weighted by atomic mass is 10.1. The summed E-state index contributed by atoms with van der Waals surface area (Å²) in [5, 5.41) is 14.5. The summed E-state index contributed by atoms with van der Waals surface area (Å²) in [7, 11) is 1.64. The average Bonchev–Trinajstić information content (AvgIpc) is 3.22. The van der Waals surface area contributed by atoms with Crippen LogP contribution in [0, 0.1) is 0 Å². The summed E-state index contributed by atoms with van der Waals surface area (Å²) in [6, 6.07) is 14.9. The second-order valence-electron chi connectivity index (χ2n) is 6.76. The van der Waals surface area contributed by atoms with E-state index in [1.165, 1.54) is 0 Å². The first-order valence-corrected chi connectivity index (χ1v) is 9.48. The molecule has 1 heterocycles. The van der Waals surface area contributed by atoms with Gasteiger partial charge in [-0.15, -0.1) is 5.10 Å². The second kappa shape index (κ2) is 9.68. The number of aromatic nitrogens is 4. The third kappa shape index (κ3) is 5.31. The molecule has 152 valence electrons. The van der Waals surface area contributed by atoms with Gasteiger partial charge in [0.1, 0.15) is 18.1 Å². The Labute approximate surface area is 169 Å². The number of benzene rings is 2. The van der Waals surface area contributed by atoms with E-state index in [1.54, 1.807) is 36.1 Å². The van der Waals surface area contributed by atoms with E-state index in [-0.39, 0.29) is 18.6 Å². The van der Waals surface area contributed by atoms with E-state index in [4.69, 9.17) is 9.47 Å². The SMILES string of the molecule is COc1ccccc1CCNC(=O)c1ccc(OCc2nnnn2C(C)C)cc1. The number of carbonyl (C=O) groups excluding carboxylic acids is 1. The van der Waals surface area contributed by atoms with Crippen LogP contribution in [0.15, 0.2) is 48.5 Å². The van der Waals surface area contributed by atoms with E-state index in [0.29, 0.717) is 30.1 Å². The molecule has 0 radical (unpaired) electrons. The van der Waals surface area contributed by atoms with Gasteiger partial charge in [-0.3, -0.25) is 4.79 Å². The maximum atomic E-state index is 12.4. The molecule has 0 saturated carbocycles. The molecule has 3 aromatic rings. The van der Waals surface area contributed by atoms with E-state index in [0.717, 1.165) is 11.3 Å². The molecule has 29 heavy (non-hydrogen) atoms. The van der Waals surface area contributed by atoms with E-state index >= 15 is 0 Å². The van der Waals surface area contributed by atoms with Gasteiger partial charge in [-0.2, -0.15) is 0 Å². The van der Waals surface area contributed by atoms with Crippen LogP contribution in [0.4, 0.5) is 0 Å². The van der Waals surface area contributed by atoms with Gasteiger partial charge in [-0.05, 0) is 66.6 Å². The first kappa shape index (κ1) is 20.3. The standard InChI is InChI=1S/C21H25N5O3/c1-15(2)26-20(23-24-25-26)14-29-18-10-8-17(9-11-18)21(27)22-13-12-16-6-4-5-7-19(16)28-3/h4-11,15H,12-14H2,1-3H3,(H,22,27). The molecule has 0 atom stereocenters. The van der Waals surface area contributed by atoms with Crippen molar-refractivity contribution in [3.8, 4) is 11.5 Å². The van der Waals surface area contributed by atoms with E-state index in [1.807, 2.05) is 38.1 Å². The maximum absolute atomic E-state index is 12.4. The second-order valence-corrected chi connectivity index (χ2v) is 6.76. The molecule has 0 bridgehead atoms. The molecule has 0 aliphatic carbocycles. The number of nitrogens with one attached hydrogen (secondary N) is 1. The number of carbonyl (C=O) groups is 1. The van der Waals surface area contributed by atoms with Crippen molar-refractivity contribution in [2.24, 2.45) is 0 Å². The summed E-state index contributed by atoms with van der Waals surface area (Å²) >= 11 is 0. The lowest BCUT2D eigenvalue weighted by Gasteiger charge is -2.10. The van der Waals surface area contributed by atoms with Gasteiger partial charge < -0.3 is 14.8 Å². The van der Waals surface area contributed by atoms with Crippen molar-refractivity contribution in [3.05, 3.63) is 65.5 Å². The zero-order valence-corrected chi connectivity index (χ0v) is 16.8. The van der Waals surface area contributed by atoms with Crippen molar-refractivity contribution in [1.82, 2.24) is 25.5 Å². The number of amides is 1. The summed E-state index contributed by atoms with van der Waals surface area (Å²) < 4.78 is 12.8. The van der Waals surface area contributed by atoms with Crippen LogP contribution in [-0.2, 0) is 13.0 Å². The molecule has 0 spiro atoms. The van der Waals surface area contributed by atoms with E-state index in [9.17, 15) is 4.79 Å². The molecule has 8 nitrogen and oxygen atoms in total. The quantitative estimate of drug-likeness (QED) is 0.599. The number of tetrazole rings is 1. The fourth-order valence-corrected chi connectivity index (χ4v) is 2.88. The van der Waals surface area contributed by atoms with Crippen molar-refractivity contribution in [2.45, 2.75) is 32.9 Å². The molecule has 3 rings (SSSR count). The molecule has 1 aromatic heterocycles. The third-order valence-corrected chi connectivity index (χ3v) is 4.41. The molecule has 0 fully saturated rings. The lowest BCUT2D eigenvalue weighted by molar-refractivity contribution is 0.0954. The molecule has 0 saturated heterocycles. The monoisotopic (exact) mass is 395 g/mol. The van der Waals surface area contributed by atoms with Crippen LogP contribution in [0.1, 0.15) is 41.6 Å². The number of rotatable bonds is 9. The predicted molar refractivity (Wildman–Crippen MR) is 108 cm³/mol. The highest BCUT2D eigenvalue weighted by atomic mass is 16.5. The number of hydrogen-bond donors (Lipinski definition) is 1. The van der Waals surface area contributed by atoms with Gasteiger partial charge in [-0.1, -0.05) is 18.2 Å². The average molecular weight is 395 g/mol. The van der Waals surface area contributed by atoms with Crippen molar-refractivity contribution in [2.75, 3.05) is 13.7 Å². The molecule has 1 N–H and O–H groups in total. The van der Waals surface area contributed by atoms with Crippen LogP contribution >= 0.6 is 0 Å². The highest BCUT2D eigenvalue weighted by molar-refractivity contribution is 5.94. The van der Waals surface area contributed by atoms with Crippen LogP contribution in [0.25, 0.3) is 0 Å². The lowest BCUT2D eigenvalue weighted by Crippen LogP contribution is -2.25. The normalized spacial score (nSPS) is 10.8. The van der Waals surface area contributed by atoms with Crippen molar-refractivity contribution in [3.63, 3.8) is 0 Å². The van der Waals surface area contributed by atoms with Crippen LogP contribution in [0.5, 0.6) is 11.5 Å². The number of para-hydroxylation sites is 1. The van der Waals surface area contributed by atoms with Gasteiger partial charge in [0.2, 0.25) is 0 Å². The number of methoxy groups -OCH3 is 1. The largest absolute Gasteiger partial charge is 0.496 e. The fraction of sp³-hybridized carbons (Fsp3) is 0.333. The minimum Gasteiger partial charge on any atom is -0.496 e. The van der Waals surface area contributed by atoms with Gasteiger partial charge >= 0.3 is 0 Å². The summed E-state index contributed by atoms with van der Waals surface area (Å²) in [6.07, 6.45) is 0.696. The van der Waals surface area contributed by atoms with Crippen molar-refractivity contribution in [1.29, 1.82) is 0 Å². The molecule has 1 amide bonds. The smallest absolute Gasteiger partial charge is 0.251 e. The topological polar surface area (TPSA) is 91.2 Å². The molecule has 0 unspecified atom stereocenters. The van der Waals surface area contributed by atoms with Crippen molar-refractivity contribution >= 4 is 5.91 Å². The Morgan fingerprint density at radius 1 is 1.14 bits per heavy atom. The van der Waals surface area contributed by atoms with Crippen molar-refractivity contribution < 1.29 is 14.3 Å². The maximum Gasteiger partial charge on any atom is 0.251 e. The van der Waals surface area contributed by atoms with Gasteiger partial charge in [0.15, 0.2) is 5.82 Å². The van der Waals surface area contributed by atoms with Crippen LogP contribution in [-0.4, -0.2) is 39.8 Å². The Morgan fingerprint density at radius 3 is 2.62 bits per heavy atom. The summed E-state index contributed by atoms with van der Waals surface area (Å²) in [5.74, 6) is 1.99. The molecular formula is C21H25N5O3.